The summed E-state index contributed by atoms with van der Waals surface area (Å²) in [6.45, 7) is 5.53. The number of nitriles is 1. The Balaban J connectivity index is 2.27. The van der Waals surface area contributed by atoms with Crippen molar-refractivity contribution in [1.82, 2.24) is 0 Å². The second-order valence-electron chi connectivity index (χ2n) is 6.09. The molecule has 0 N–H and O–H groups in total. The molecule has 20 heavy (non-hydrogen) atoms. The van der Waals surface area contributed by atoms with Gasteiger partial charge in [-0.25, -0.2) is 0 Å². The summed E-state index contributed by atoms with van der Waals surface area (Å²) in [7, 11) is 0. The highest BCUT2D eigenvalue weighted by Gasteiger charge is 2.24. The largest absolute Gasteiger partial charge is 0.367 e. The first-order valence-electron chi connectivity index (χ1n) is 7.58. The van der Waals surface area contributed by atoms with Crippen LogP contribution in [0.5, 0.6) is 0 Å². The van der Waals surface area contributed by atoms with E-state index in [4.69, 9.17) is 11.6 Å². The van der Waals surface area contributed by atoms with E-state index >= 15 is 0 Å². The molecule has 0 aliphatic heterocycles. The van der Waals surface area contributed by atoms with Gasteiger partial charge in [0.2, 0.25) is 0 Å². The van der Waals surface area contributed by atoms with E-state index in [-0.39, 0.29) is 0 Å². The zero-order valence-electron chi connectivity index (χ0n) is 12.4. The molecule has 0 aromatic heterocycles. The Bertz CT molecular complexity index is 484. The Kier molecular flexibility index (Phi) is 5.31. The highest BCUT2D eigenvalue weighted by Crippen LogP contribution is 2.32. The zero-order chi connectivity index (χ0) is 14.5. The Morgan fingerprint density at radius 1 is 1.35 bits per heavy atom. The van der Waals surface area contributed by atoms with Crippen LogP contribution in [-0.4, -0.2) is 12.6 Å². The molecule has 1 aromatic carbocycles. The minimum absolute atomic E-state index is 0.585. The smallest absolute Gasteiger partial charge is 0.101 e. The molecule has 2 nitrogen and oxygen atoms in total. The van der Waals surface area contributed by atoms with Crippen molar-refractivity contribution in [2.24, 2.45) is 5.92 Å². The zero-order valence-corrected chi connectivity index (χ0v) is 13.2. The second kappa shape index (κ2) is 6.99. The molecule has 0 amide bonds. The van der Waals surface area contributed by atoms with Crippen LogP contribution in [0.3, 0.4) is 0 Å². The van der Waals surface area contributed by atoms with Crippen LogP contribution >= 0.6 is 11.6 Å². The monoisotopic (exact) mass is 290 g/mol. The van der Waals surface area contributed by atoms with Gasteiger partial charge < -0.3 is 4.90 Å². The molecule has 0 heterocycles. The third-order valence-corrected chi connectivity index (χ3v) is 4.34. The van der Waals surface area contributed by atoms with E-state index in [1.54, 1.807) is 6.07 Å². The van der Waals surface area contributed by atoms with E-state index in [1.807, 2.05) is 12.1 Å². The van der Waals surface area contributed by atoms with E-state index in [9.17, 15) is 5.26 Å². The summed E-state index contributed by atoms with van der Waals surface area (Å²) in [4.78, 5) is 2.45. The molecule has 2 rings (SSSR count). The number of rotatable bonds is 5. The minimum Gasteiger partial charge on any atom is -0.367 e. The lowest BCUT2D eigenvalue weighted by Crippen LogP contribution is -2.35. The Labute approximate surface area is 127 Å². The molecule has 0 unspecified atom stereocenters. The van der Waals surface area contributed by atoms with Gasteiger partial charge in [0.25, 0.3) is 0 Å². The van der Waals surface area contributed by atoms with Crippen molar-refractivity contribution in [1.29, 1.82) is 5.26 Å². The molecule has 0 spiro atoms. The lowest BCUT2D eigenvalue weighted by atomic mass is 10.1. The minimum atomic E-state index is 0.585. The number of nitrogens with zero attached hydrogens (tertiary/aromatic N) is 2. The summed E-state index contributed by atoms with van der Waals surface area (Å²) >= 11 is 6.02. The van der Waals surface area contributed by atoms with Gasteiger partial charge in [0.05, 0.1) is 11.3 Å². The molecule has 1 saturated carbocycles. The molecule has 1 fully saturated rings. The highest BCUT2D eigenvalue weighted by atomic mass is 35.5. The Hall–Kier alpha value is -1.20. The van der Waals surface area contributed by atoms with Crippen LogP contribution in [0, 0.1) is 17.2 Å². The molecule has 1 aliphatic rings. The lowest BCUT2D eigenvalue weighted by Gasteiger charge is -2.32. The molecule has 0 bridgehead atoms. The lowest BCUT2D eigenvalue weighted by molar-refractivity contribution is 0.528. The highest BCUT2D eigenvalue weighted by molar-refractivity contribution is 6.30. The molecular formula is C17H23ClN2. The van der Waals surface area contributed by atoms with Crippen molar-refractivity contribution in [3.63, 3.8) is 0 Å². The van der Waals surface area contributed by atoms with Crippen LogP contribution in [0.25, 0.3) is 0 Å². The normalized spacial score (nSPS) is 15.6. The summed E-state index contributed by atoms with van der Waals surface area (Å²) in [5.41, 5.74) is 1.76. The quantitative estimate of drug-likeness (QED) is 0.762. The van der Waals surface area contributed by atoms with Crippen LogP contribution < -0.4 is 4.90 Å². The molecule has 0 saturated heterocycles. The van der Waals surface area contributed by atoms with Crippen LogP contribution in [0.15, 0.2) is 18.2 Å². The van der Waals surface area contributed by atoms with Crippen molar-refractivity contribution in [2.45, 2.75) is 52.0 Å². The van der Waals surface area contributed by atoms with Crippen molar-refractivity contribution in [2.75, 3.05) is 11.4 Å². The topological polar surface area (TPSA) is 27.0 Å². The molecule has 3 heteroatoms. The first-order chi connectivity index (χ1) is 9.61. The van der Waals surface area contributed by atoms with Gasteiger partial charge >= 0.3 is 0 Å². The van der Waals surface area contributed by atoms with Gasteiger partial charge in [0.15, 0.2) is 0 Å². The van der Waals surface area contributed by atoms with E-state index < -0.39 is 0 Å². The average molecular weight is 291 g/mol. The Morgan fingerprint density at radius 3 is 2.65 bits per heavy atom. The van der Waals surface area contributed by atoms with Crippen LogP contribution in [0.4, 0.5) is 5.69 Å². The second-order valence-corrected chi connectivity index (χ2v) is 6.52. The van der Waals surface area contributed by atoms with Gasteiger partial charge in [0.1, 0.15) is 6.07 Å². The maximum atomic E-state index is 9.38. The van der Waals surface area contributed by atoms with E-state index in [1.165, 1.54) is 25.7 Å². The summed E-state index contributed by atoms with van der Waals surface area (Å²) in [6.07, 6.45) is 6.25. The number of hydrogen-bond acceptors (Lipinski definition) is 2. The summed E-state index contributed by atoms with van der Waals surface area (Å²) in [5.74, 6) is 0.678. The Morgan fingerprint density at radius 2 is 2.05 bits per heavy atom. The van der Waals surface area contributed by atoms with Crippen LogP contribution in [-0.2, 0) is 0 Å². The summed E-state index contributed by atoms with van der Waals surface area (Å²) in [5, 5.41) is 10.0. The number of halogens is 1. The van der Waals surface area contributed by atoms with Gasteiger partial charge in [-0.2, -0.15) is 5.26 Å². The fourth-order valence-corrected chi connectivity index (χ4v) is 3.13. The van der Waals surface area contributed by atoms with Gasteiger partial charge in [-0.15, -0.1) is 0 Å². The third kappa shape index (κ3) is 3.67. The van der Waals surface area contributed by atoms with Crippen molar-refractivity contribution >= 4 is 17.3 Å². The van der Waals surface area contributed by atoms with Crippen molar-refractivity contribution in [3.8, 4) is 6.07 Å². The maximum Gasteiger partial charge on any atom is 0.101 e. The standard InChI is InChI=1S/C17H23ClN2/c1-13(2)9-10-20(16-5-3-4-6-16)17-8-7-15(18)11-14(17)12-19/h7-8,11,13,16H,3-6,9-10H2,1-2H3. The summed E-state index contributed by atoms with van der Waals surface area (Å²) in [6, 6.07) is 8.58. The van der Waals surface area contributed by atoms with Crippen molar-refractivity contribution in [3.05, 3.63) is 28.8 Å². The average Bonchev–Trinajstić information content (AvgIpc) is 2.94. The molecule has 108 valence electrons. The van der Waals surface area contributed by atoms with Crippen LogP contribution in [0.2, 0.25) is 5.02 Å². The number of benzene rings is 1. The first kappa shape index (κ1) is 15.2. The fraction of sp³-hybridized carbons (Fsp3) is 0.588. The molecular weight excluding hydrogens is 268 g/mol. The molecule has 0 atom stereocenters. The predicted molar refractivity (Wildman–Crippen MR) is 85.2 cm³/mol. The first-order valence-corrected chi connectivity index (χ1v) is 7.96. The summed E-state index contributed by atoms with van der Waals surface area (Å²) < 4.78 is 0. The van der Waals surface area contributed by atoms with Gasteiger partial charge in [-0.3, -0.25) is 0 Å². The van der Waals surface area contributed by atoms with Gasteiger partial charge in [-0.05, 0) is 43.4 Å². The van der Waals surface area contributed by atoms with E-state index in [0.29, 0.717) is 22.5 Å². The van der Waals surface area contributed by atoms with Gasteiger partial charge in [0, 0.05) is 17.6 Å². The van der Waals surface area contributed by atoms with E-state index in [2.05, 4.69) is 24.8 Å². The SMILES string of the molecule is CC(C)CCN(c1ccc(Cl)cc1C#N)C1CCCC1. The maximum absolute atomic E-state index is 9.38. The molecule has 1 aliphatic carbocycles. The molecule has 1 aromatic rings. The van der Waals surface area contributed by atoms with Crippen LogP contribution in [0.1, 0.15) is 51.5 Å². The van der Waals surface area contributed by atoms with Gasteiger partial charge in [-0.1, -0.05) is 38.3 Å². The van der Waals surface area contributed by atoms with Crippen molar-refractivity contribution < 1.29 is 0 Å². The fourth-order valence-electron chi connectivity index (χ4n) is 2.96. The van der Waals surface area contributed by atoms with E-state index in [0.717, 1.165) is 18.7 Å². The third-order valence-electron chi connectivity index (χ3n) is 4.10. The number of anilines is 1. The predicted octanol–water partition coefficient (Wildman–Crippen LogP) is 5.01. The number of hydrogen-bond donors (Lipinski definition) is 0. The molecule has 0 radical (unpaired) electrons.